The molecule has 1 spiro atoms. The molecule has 4 rings (SSSR count). The van der Waals surface area contributed by atoms with E-state index >= 15 is 0 Å². The van der Waals surface area contributed by atoms with E-state index in [0.717, 1.165) is 35.7 Å². The Bertz CT molecular complexity index is 679. The molecule has 1 saturated heterocycles. The number of carbonyl (C=O) groups excluding carboxylic acids is 1. The number of rotatable bonds is 3. The van der Waals surface area contributed by atoms with Crippen molar-refractivity contribution in [3.05, 3.63) is 29.8 Å². The molecule has 1 aliphatic carbocycles. The minimum absolute atomic E-state index is 0.0260. The number of carboxylic acids is 1. The van der Waals surface area contributed by atoms with Crippen LogP contribution in [0.4, 0.5) is 0 Å². The summed E-state index contributed by atoms with van der Waals surface area (Å²) in [5.74, 6) is 1.79. The fraction of sp³-hybridized carbons (Fsp3) is 0.556. The molecular formula is C18H21NO4S. The van der Waals surface area contributed by atoms with Crippen molar-refractivity contribution in [1.29, 1.82) is 0 Å². The number of para-hydroxylation sites is 1. The smallest absolute Gasteiger partial charge is 0.305 e. The predicted octanol–water partition coefficient (Wildman–Crippen LogP) is 2.15. The van der Waals surface area contributed by atoms with Gasteiger partial charge in [0.05, 0.1) is 19.1 Å². The first-order valence-electron chi connectivity index (χ1n) is 8.44. The maximum atomic E-state index is 13.1. The quantitative estimate of drug-likeness (QED) is 0.907. The number of hydrogen-bond donors (Lipinski definition) is 1. The normalized spacial score (nSPS) is 31.2. The lowest BCUT2D eigenvalue weighted by atomic mass is 9.87. The van der Waals surface area contributed by atoms with Gasteiger partial charge in [-0.2, -0.15) is 11.8 Å². The molecule has 1 N–H and O–H groups in total. The van der Waals surface area contributed by atoms with Gasteiger partial charge in [-0.25, -0.2) is 0 Å². The zero-order chi connectivity index (χ0) is 16.7. The summed E-state index contributed by atoms with van der Waals surface area (Å²) < 4.78 is 5.74. The van der Waals surface area contributed by atoms with E-state index in [-0.39, 0.29) is 29.7 Å². The van der Waals surface area contributed by atoms with E-state index in [4.69, 9.17) is 9.84 Å². The topological polar surface area (TPSA) is 66.8 Å². The second kappa shape index (κ2) is 5.99. The molecule has 1 amide bonds. The van der Waals surface area contributed by atoms with Crippen LogP contribution in [0.3, 0.4) is 0 Å². The molecule has 0 bridgehead atoms. The predicted molar refractivity (Wildman–Crippen MR) is 91.4 cm³/mol. The Balaban J connectivity index is 1.55. The number of thioether (sulfide) groups is 1. The average molecular weight is 347 g/mol. The first-order valence-corrected chi connectivity index (χ1v) is 9.59. The fourth-order valence-electron chi connectivity index (χ4n) is 4.20. The van der Waals surface area contributed by atoms with Crippen LogP contribution in [0, 0.1) is 5.92 Å². The Morgan fingerprint density at radius 2 is 2.21 bits per heavy atom. The van der Waals surface area contributed by atoms with E-state index in [1.165, 1.54) is 0 Å². The lowest BCUT2D eigenvalue weighted by molar-refractivity contribution is -0.141. The van der Waals surface area contributed by atoms with Crippen molar-refractivity contribution in [3.63, 3.8) is 0 Å². The molecule has 5 nitrogen and oxygen atoms in total. The monoisotopic (exact) mass is 347 g/mol. The molecule has 1 unspecified atom stereocenters. The molecule has 6 heteroatoms. The maximum Gasteiger partial charge on any atom is 0.305 e. The van der Waals surface area contributed by atoms with Gasteiger partial charge >= 0.3 is 5.97 Å². The number of carbonyl (C=O) groups is 2. The zero-order valence-corrected chi connectivity index (χ0v) is 14.3. The second-order valence-electron chi connectivity index (χ2n) is 6.87. The summed E-state index contributed by atoms with van der Waals surface area (Å²) >= 11 is 1.74. The van der Waals surface area contributed by atoms with Crippen molar-refractivity contribution in [2.75, 3.05) is 24.7 Å². The summed E-state index contributed by atoms with van der Waals surface area (Å²) in [5.41, 5.74) is 1.06. The van der Waals surface area contributed by atoms with E-state index in [2.05, 4.69) is 6.07 Å². The molecule has 1 aromatic carbocycles. The third kappa shape index (κ3) is 2.57. The van der Waals surface area contributed by atoms with Crippen molar-refractivity contribution >= 4 is 23.6 Å². The summed E-state index contributed by atoms with van der Waals surface area (Å²) in [6, 6.07) is 7.83. The van der Waals surface area contributed by atoms with Crippen molar-refractivity contribution in [3.8, 4) is 5.75 Å². The molecule has 128 valence electrons. The molecule has 1 aromatic rings. The molecule has 3 aliphatic rings. The van der Waals surface area contributed by atoms with Crippen LogP contribution in [-0.2, 0) is 15.0 Å². The molecule has 0 radical (unpaired) electrons. The number of hydrogen-bond acceptors (Lipinski definition) is 4. The first kappa shape index (κ1) is 15.8. The van der Waals surface area contributed by atoms with Gasteiger partial charge in [-0.05, 0) is 18.9 Å². The molecule has 24 heavy (non-hydrogen) atoms. The lowest BCUT2D eigenvalue weighted by Crippen LogP contribution is -2.48. The highest BCUT2D eigenvalue weighted by Crippen LogP contribution is 2.61. The maximum absolute atomic E-state index is 13.1. The van der Waals surface area contributed by atoms with Crippen molar-refractivity contribution < 1.29 is 19.4 Å². The minimum Gasteiger partial charge on any atom is -0.493 e. The highest BCUT2D eigenvalue weighted by atomic mass is 32.2. The molecule has 0 aromatic heterocycles. The standard InChI is InChI=1S/C18H21NO4S/c20-16(21)9-12-11-24-8-6-19(12)17(22)14-10-18(14)5-7-23-15-4-2-1-3-13(15)18/h1-4,12,14H,5-11H2,(H,20,21)/t12?,14-,18-/m0/s1. The van der Waals surface area contributed by atoms with Crippen LogP contribution in [0.2, 0.25) is 0 Å². The van der Waals surface area contributed by atoms with Gasteiger partial charge in [-0.3, -0.25) is 9.59 Å². The third-order valence-electron chi connectivity index (χ3n) is 5.52. The summed E-state index contributed by atoms with van der Waals surface area (Å²) in [4.78, 5) is 26.1. The molecule has 2 heterocycles. The SMILES string of the molecule is O=C(O)CC1CSCCN1C(=O)[C@@H]1C[C@]12CCOc1ccccc12. The van der Waals surface area contributed by atoms with Gasteiger partial charge < -0.3 is 14.7 Å². The summed E-state index contributed by atoms with van der Waals surface area (Å²) in [6.07, 6.45) is 1.76. The van der Waals surface area contributed by atoms with Gasteiger partial charge in [0, 0.05) is 34.9 Å². The molecule has 2 aliphatic heterocycles. The van der Waals surface area contributed by atoms with Gasteiger partial charge in [-0.15, -0.1) is 0 Å². The molecule has 3 atom stereocenters. The highest BCUT2D eigenvalue weighted by Gasteiger charge is 2.62. The van der Waals surface area contributed by atoms with Crippen LogP contribution >= 0.6 is 11.8 Å². The Morgan fingerprint density at radius 1 is 1.38 bits per heavy atom. The largest absolute Gasteiger partial charge is 0.493 e. The van der Waals surface area contributed by atoms with Crippen molar-refractivity contribution in [2.24, 2.45) is 5.92 Å². The number of nitrogens with zero attached hydrogens (tertiary/aromatic N) is 1. The summed E-state index contributed by atoms with van der Waals surface area (Å²) in [7, 11) is 0. The van der Waals surface area contributed by atoms with E-state index < -0.39 is 5.97 Å². The van der Waals surface area contributed by atoms with E-state index in [9.17, 15) is 9.59 Å². The Kier molecular flexibility index (Phi) is 3.95. The van der Waals surface area contributed by atoms with E-state index in [1.54, 1.807) is 11.8 Å². The highest BCUT2D eigenvalue weighted by molar-refractivity contribution is 7.99. The molecule has 1 saturated carbocycles. The zero-order valence-electron chi connectivity index (χ0n) is 13.4. The van der Waals surface area contributed by atoms with Crippen LogP contribution in [-0.4, -0.2) is 52.6 Å². The van der Waals surface area contributed by atoms with Gasteiger partial charge in [0.25, 0.3) is 0 Å². The number of amides is 1. The summed E-state index contributed by atoms with van der Waals surface area (Å²) in [6.45, 7) is 1.31. The average Bonchev–Trinajstić information content (AvgIpc) is 3.29. The van der Waals surface area contributed by atoms with Crippen LogP contribution in [0.25, 0.3) is 0 Å². The van der Waals surface area contributed by atoms with Gasteiger partial charge in [0.1, 0.15) is 5.75 Å². The first-order chi connectivity index (χ1) is 11.6. The molecule has 2 fully saturated rings. The van der Waals surface area contributed by atoms with Crippen LogP contribution in [0.15, 0.2) is 24.3 Å². The Morgan fingerprint density at radius 3 is 3.04 bits per heavy atom. The Hall–Kier alpha value is -1.69. The van der Waals surface area contributed by atoms with Gasteiger partial charge in [0.2, 0.25) is 5.91 Å². The fourth-order valence-corrected chi connectivity index (χ4v) is 5.26. The number of aliphatic carboxylic acids is 1. The minimum atomic E-state index is -0.831. The number of ether oxygens (including phenoxy) is 1. The second-order valence-corrected chi connectivity index (χ2v) is 8.02. The Labute approximate surface area is 145 Å². The van der Waals surface area contributed by atoms with E-state index in [0.29, 0.717) is 13.2 Å². The van der Waals surface area contributed by atoms with Crippen LogP contribution in [0.1, 0.15) is 24.8 Å². The third-order valence-corrected chi connectivity index (χ3v) is 6.62. The van der Waals surface area contributed by atoms with Crippen LogP contribution < -0.4 is 4.74 Å². The number of fused-ring (bicyclic) bond motifs is 2. The van der Waals surface area contributed by atoms with Gasteiger partial charge in [0.15, 0.2) is 0 Å². The lowest BCUT2D eigenvalue weighted by Gasteiger charge is -2.36. The van der Waals surface area contributed by atoms with Crippen LogP contribution in [0.5, 0.6) is 5.75 Å². The molecular weight excluding hydrogens is 326 g/mol. The van der Waals surface area contributed by atoms with Gasteiger partial charge in [-0.1, -0.05) is 18.2 Å². The van der Waals surface area contributed by atoms with Crippen molar-refractivity contribution in [2.45, 2.75) is 30.7 Å². The number of carboxylic acid groups (broad SMARTS) is 1. The summed E-state index contributed by atoms with van der Waals surface area (Å²) in [5, 5.41) is 9.13. The number of benzene rings is 1. The van der Waals surface area contributed by atoms with E-state index in [1.807, 2.05) is 23.1 Å². The van der Waals surface area contributed by atoms with Crippen molar-refractivity contribution in [1.82, 2.24) is 4.90 Å².